The van der Waals surface area contributed by atoms with Crippen molar-refractivity contribution in [1.29, 1.82) is 0 Å². The van der Waals surface area contributed by atoms with Gasteiger partial charge in [0.2, 0.25) is 26.0 Å². The van der Waals surface area contributed by atoms with Crippen LogP contribution in [0.1, 0.15) is 128 Å². The van der Waals surface area contributed by atoms with Crippen molar-refractivity contribution in [2.24, 2.45) is 5.92 Å². The minimum absolute atomic E-state index is 0.0581. The molecule has 1 heterocycles. The number of halogens is 1. The topological polar surface area (TPSA) is 270 Å². The van der Waals surface area contributed by atoms with Crippen LogP contribution in [0.5, 0.6) is 0 Å². The molecule has 12 rings (SSSR count). The van der Waals surface area contributed by atoms with Gasteiger partial charge in [-0.3, -0.25) is 14.4 Å². The van der Waals surface area contributed by atoms with Gasteiger partial charge in [-0.15, -0.1) is 0 Å². The Labute approximate surface area is 706 Å². The molecule has 11 aromatic carbocycles. The Hall–Kier alpha value is -11.2. The number of aliphatic carboxylic acids is 1. The number of hydrogen-bond acceptors (Lipinski definition) is 16. The van der Waals surface area contributed by atoms with Gasteiger partial charge in [-0.1, -0.05) is 244 Å². The van der Waals surface area contributed by atoms with Gasteiger partial charge in [0.1, 0.15) is 17.2 Å². The molecule has 1 unspecified atom stereocenters. The number of benzene rings is 11. The zero-order valence-corrected chi connectivity index (χ0v) is 72.6. The van der Waals surface area contributed by atoms with Crippen LogP contribution in [0, 0.1) is 22.9 Å². The monoisotopic (exact) mass is 1690 g/mol. The number of carboxylic acid groups (broad SMARTS) is 1. The van der Waals surface area contributed by atoms with Crippen LogP contribution >= 0.6 is 0 Å². The number of ketones is 1. The average molecular weight is 1690 g/mol. The molecule has 21 nitrogen and oxygen atoms in total. The summed E-state index contributed by atoms with van der Waals surface area (Å²) in [4.78, 5) is 62.6. The van der Waals surface area contributed by atoms with E-state index in [0.717, 1.165) is 55.6 Å². The van der Waals surface area contributed by atoms with Crippen LogP contribution in [0.2, 0.25) is 0 Å². The van der Waals surface area contributed by atoms with Gasteiger partial charge in [0.15, 0.2) is 17.6 Å². The van der Waals surface area contributed by atoms with E-state index in [1.54, 1.807) is 73.7 Å². The molecule has 1 aliphatic rings. The summed E-state index contributed by atoms with van der Waals surface area (Å²) in [6.45, 7) is 14.3. The molecule has 0 spiro atoms. The van der Waals surface area contributed by atoms with Crippen molar-refractivity contribution in [2.45, 2.75) is 124 Å². The third kappa shape index (κ3) is 32.2. The molecular weight excluding hydrogens is 1580 g/mol. The van der Waals surface area contributed by atoms with E-state index in [1.165, 1.54) is 75.1 Å². The quantitative estimate of drug-likeness (QED) is 0.0323. The third-order valence-corrected chi connectivity index (χ3v) is 22.8. The van der Waals surface area contributed by atoms with E-state index in [0.29, 0.717) is 48.2 Å². The van der Waals surface area contributed by atoms with Crippen LogP contribution in [0.3, 0.4) is 0 Å². The molecule has 0 saturated carbocycles. The van der Waals surface area contributed by atoms with Crippen LogP contribution in [-0.4, -0.2) is 155 Å². The number of carboxylic acids is 1. The maximum Gasteiger partial charge on any atom is 0.337 e. The minimum Gasteiger partial charge on any atom is -0.479 e. The van der Waals surface area contributed by atoms with Crippen molar-refractivity contribution < 1.29 is 77.7 Å². The fraction of sp³-hybridized carbons (Fsp3) is 0.295. The number of carbonyl (C=O) groups is 5. The standard InChI is InChI=1S/C26H38FNO7.C20H19NO3S.C20H17NO2S.C12H10O2.C9H13NO2S.C8H11N/c1-16(2)23(30)28(22(24(31)32)17-8-10-18(27)11-9-17)13-12-19-14-20(34-26(6,7)33-19)15-21(29)35-25(3,4)5;1-21(14-16-7-3-2-4-8-16)25(23,24)15-20(22)19-12-11-17-9-5-6-10-18(17)13-19;1-21(16-18-7-3-2-4-8-18)24(22,23)14-13-17-11-12-19-9-5-6-10-20(19)15-17;1-14-12(13)11-7-6-9-4-2-3-5-10(9)8-11;1-10(13(2,11)12)8-9-6-4-3-5-7-9;1-9-7-8-5-3-2-4-6-8/h8-11,16,19-20,22H,12-15H2,1-7H3,(H,31,32);2-13H,14-15H2,1H3;2-12,15H,16H2,1H3;2-8H,1H3;3-7H,8H2,1-2H3;2-6,9H,7H2,1H3/t19-,20-,22?;;;;;/m1...../s1. The van der Waals surface area contributed by atoms with Gasteiger partial charge < -0.3 is 34.3 Å². The Bertz CT molecular complexity index is 5600. The number of amides is 1. The van der Waals surface area contributed by atoms with Crippen LogP contribution < -0.4 is 5.32 Å². The maximum absolute atomic E-state index is 13.4. The Balaban J connectivity index is 0.000000208. The second-order valence-corrected chi connectivity index (χ2v) is 36.2. The van der Waals surface area contributed by atoms with E-state index in [4.69, 9.17) is 14.2 Å². The molecule has 25 heteroatoms. The van der Waals surface area contributed by atoms with Gasteiger partial charge in [0.05, 0.1) is 37.6 Å². The highest BCUT2D eigenvalue weighted by atomic mass is 32.2. The molecule has 0 radical (unpaired) electrons. The van der Waals surface area contributed by atoms with E-state index < -0.39 is 82.8 Å². The zero-order valence-electron chi connectivity index (χ0n) is 70.1. The summed E-state index contributed by atoms with van der Waals surface area (Å²) in [5.74, 6) is -2.28. The van der Waals surface area contributed by atoms with E-state index in [1.807, 2.05) is 225 Å². The number of ether oxygens (including phenoxy) is 4. The lowest BCUT2D eigenvalue weighted by Crippen LogP contribution is -2.48. The summed E-state index contributed by atoms with van der Waals surface area (Å²) in [5.41, 5.74) is 5.52. The lowest BCUT2D eigenvalue weighted by molar-refractivity contribution is -0.301. The Morgan fingerprint density at radius 1 is 0.558 bits per heavy atom. The Morgan fingerprint density at radius 2 is 0.983 bits per heavy atom. The first-order chi connectivity index (χ1) is 56.8. The molecule has 1 aliphatic heterocycles. The Kier molecular flexibility index (Phi) is 36.7. The smallest absolute Gasteiger partial charge is 0.337 e. The van der Waals surface area contributed by atoms with Crippen molar-refractivity contribution in [3.05, 3.63) is 323 Å². The predicted molar refractivity (Wildman–Crippen MR) is 472 cm³/mol. The molecule has 0 aliphatic carbocycles. The van der Waals surface area contributed by atoms with Gasteiger partial charge in [0, 0.05) is 82.6 Å². The first kappa shape index (κ1) is 96.0. The molecule has 0 bridgehead atoms. The summed E-state index contributed by atoms with van der Waals surface area (Å²) in [6, 6.07) is 82.4. The second-order valence-electron chi connectivity index (χ2n) is 30.3. The number of fused-ring (bicyclic) bond motifs is 3. The first-order valence-corrected chi connectivity index (χ1v) is 43.8. The van der Waals surface area contributed by atoms with E-state index >= 15 is 0 Å². The van der Waals surface area contributed by atoms with Crippen LogP contribution in [0.25, 0.3) is 32.3 Å². The number of rotatable bonds is 24. The second kappa shape index (κ2) is 45.9. The number of hydrogen-bond donors (Lipinski definition) is 2. The summed E-state index contributed by atoms with van der Waals surface area (Å²) in [5, 5.41) is 21.7. The number of nitrogens with zero attached hydrogens (tertiary/aromatic N) is 4. The number of sulfonamides is 3. The van der Waals surface area contributed by atoms with Crippen molar-refractivity contribution in [2.75, 3.05) is 53.9 Å². The van der Waals surface area contributed by atoms with E-state index in [9.17, 15) is 58.7 Å². The predicted octanol–water partition coefficient (Wildman–Crippen LogP) is 16.7. The number of Topliss-reactive ketones (excluding diaryl/α,β-unsaturated/α-hetero) is 1. The molecule has 3 atom stereocenters. The van der Waals surface area contributed by atoms with Crippen LogP contribution in [-0.2, 0) is 89.6 Å². The fourth-order valence-corrected chi connectivity index (χ4v) is 14.6. The van der Waals surface area contributed by atoms with E-state index in [2.05, 4.69) is 33.4 Å². The highest BCUT2D eigenvalue weighted by Crippen LogP contribution is 2.33. The van der Waals surface area contributed by atoms with Crippen LogP contribution in [0.4, 0.5) is 4.39 Å². The highest BCUT2D eigenvalue weighted by molar-refractivity contribution is 7.93. The van der Waals surface area contributed by atoms with Gasteiger partial charge >= 0.3 is 17.9 Å². The average Bonchev–Trinajstić information content (AvgIpc) is 0.764. The summed E-state index contributed by atoms with van der Waals surface area (Å²) in [7, 11) is -2.44. The molecule has 0 aromatic heterocycles. The van der Waals surface area contributed by atoms with Crippen molar-refractivity contribution >= 4 is 92.0 Å². The fourth-order valence-electron chi connectivity index (χ4n) is 12.4. The number of methoxy groups -OCH3 is 1. The molecule has 120 heavy (non-hydrogen) atoms. The number of nitrogens with one attached hydrogen (secondary N) is 1. The molecule has 2 N–H and O–H groups in total. The molecular formula is C95H108FN5O16S3. The highest BCUT2D eigenvalue weighted by Gasteiger charge is 2.39. The van der Waals surface area contributed by atoms with Crippen LogP contribution in [0.15, 0.2) is 273 Å². The van der Waals surface area contributed by atoms with Gasteiger partial charge in [-0.05, 0) is 157 Å². The summed E-state index contributed by atoms with van der Waals surface area (Å²) >= 11 is 0. The molecule has 634 valence electrons. The minimum atomic E-state index is -3.68. The lowest BCUT2D eigenvalue weighted by atomic mass is 10.00. The Morgan fingerprint density at radius 3 is 1.44 bits per heavy atom. The van der Waals surface area contributed by atoms with Crippen molar-refractivity contribution in [3.8, 4) is 11.2 Å². The molecule has 1 amide bonds. The maximum atomic E-state index is 13.4. The lowest BCUT2D eigenvalue weighted by Gasteiger charge is -2.41. The molecule has 1 fully saturated rings. The molecule has 11 aromatic rings. The van der Waals surface area contributed by atoms with E-state index in [-0.39, 0.29) is 43.5 Å². The summed E-state index contributed by atoms with van der Waals surface area (Å²) in [6.07, 6.45) is 1.16. The number of carbonyl (C=O) groups excluding carboxylic acids is 4. The normalized spacial score (nSPS) is 13.9. The van der Waals surface area contributed by atoms with Gasteiger partial charge in [0.25, 0.3) is 10.0 Å². The zero-order chi connectivity index (χ0) is 87.8. The molecule has 1 saturated heterocycles. The largest absolute Gasteiger partial charge is 0.479 e. The summed E-state index contributed by atoms with van der Waals surface area (Å²) < 4.78 is 111. The number of esters is 2. The van der Waals surface area contributed by atoms with Crippen molar-refractivity contribution in [3.63, 3.8) is 0 Å². The van der Waals surface area contributed by atoms with Gasteiger partial charge in [-0.25, -0.2) is 39.4 Å². The van der Waals surface area contributed by atoms with Gasteiger partial charge in [-0.2, -0.15) is 12.7 Å². The van der Waals surface area contributed by atoms with Crippen molar-refractivity contribution in [1.82, 2.24) is 23.1 Å². The SMILES string of the molecule is CC(C)C(=O)N(CC[C@@H]1C[C@H](CC(=O)OC(C)(C)C)OC(C)(C)O1)C(C(=O)O)c1ccc(F)cc1.CN(Cc1ccccc1)S(=O)(=O)C#Cc1ccc2ccccc2c1.CN(Cc1ccccc1)S(=O)(=O)CC(=O)c1ccc2ccccc2c1.CN(Cc1ccccc1)S(C)(=O)=O.CNCc1ccccc1.COC(=O)c1ccc2ccccc2c1. The third-order valence-electron chi connectivity index (χ3n) is 18.5. The first-order valence-electron chi connectivity index (χ1n) is 38.9.